The lowest BCUT2D eigenvalue weighted by molar-refractivity contribution is 0.305. The molecular formula is C14H18N8. The molecule has 8 nitrogen and oxygen atoms in total. The average Bonchev–Trinajstić information content (AvgIpc) is 3.16. The monoisotopic (exact) mass is 298 g/mol. The van der Waals surface area contributed by atoms with E-state index in [9.17, 15) is 0 Å². The lowest BCUT2D eigenvalue weighted by atomic mass is 10.1. The average molecular weight is 298 g/mol. The number of nitrogens with zero attached hydrogens (tertiary/aromatic N) is 7. The van der Waals surface area contributed by atoms with E-state index in [1.165, 1.54) is 0 Å². The van der Waals surface area contributed by atoms with Gasteiger partial charge in [-0.05, 0) is 38.1 Å². The Bertz CT molecular complexity index is 721. The molecule has 0 spiro atoms. The molecule has 0 aliphatic rings. The van der Waals surface area contributed by atoms with Gasteiger partial charge < -0.3 is 5.32 Å². The molecule has 3 aromatic heterocycles. The van der Waals surface area contributed by atoms with Gasteiger partial charge in [0, 0.05) is 12.4 Å². The molecule has 114 valence electrons. The third-order valence-corrected chi connectivity index (χ3v) is 3.02. The summed E-state index contributed by atoms with van der Waals surface area (Å²) in [6.07, 6.45) is 7.05. The standard InChI is InChI=1S/C14H18N8/c1-14(2,3)22-19-12(18-20-22)9-16-11-4-5-13(17-8-11)21-7-6-15-10-21/h4-8,10,16H,9H2,1-3H3. The van der Waals surface area contributed by atoms with E-state index >= 15 is 0 Å². The Hall–Kier alpha value is -2.77. The largest absolute Gasteiger partial charge is 0.376 e. The minimum atomic E-state index is -0.167. The van der Waals surface area contributed by atoms with Crippen LogP contribution < -0.4 is 5.32 Å². The summed E-state index contributed by atoms with van der Waals surface area (Å²) in [6.45, 7) is 6.60. The number of pyridine rings is 1. The Kier molecular flexibility index (Phi) is 3.58. The van der Waals surface area contributed by atoms with Crippen LogP contribution in [0.2, 0.25) is 0 Å². The summed E-state index contributed by atoms with van der Waals surface area (Å²) in [6, 6.07) is 3.87. The first kappa shape index (κ1) is 14.2. The molecule has 0 radical (unpaired) electrons. The van der Waals surface area contributed by atoms with Crippen molar-refractivity contribution in [3.8, 4) is 5.82 Å². The number of rotatable bonds is 4. The predicted octanol–water partition coefficient (Wildman–Crippen LogP) is 1.62. The third kappa shape index (κ3) is 3.11. The van der Waals surface area contributed by atoms with Gasteiger partial charge in [0.05, 0.1) is 24.0 Å². The van der Waals surface area contributed by atoms with Gasteiger partial charge in [-0.15, -0.1) is 10.2 Å². The number of hydrogen-bond donors (Lipinski definition) is 1. The van der Waals surface area contributed by atoms with Crippen molar-refractivity contribution in [3.63, 3.8) is 0 Å². The predicted molar refractivity (Wildman–Crippen MR) is 81.5 cm³/mol. The Labute approximate surface area is 128 Å². The van der Waals surface area contributed by atoms with Gasteiger partial charge in [0.25, 0.3) is 0 Å². The van der Waals surface area contributed by atoms with Crippen LogP contribution >= 0.6 is 0 Å². The molecule has 22 heavy (non-hydrogen) atoms. The Morgan fingerprint density at radius 1 is 1.23 bits per heavy atom. The van der Waals surface area contributed by atoms with E-state index in [4.69, 9.17) is 0 Å². The molecule has 8 heteroatoms. The molecular weight excluding hydrogens is 280 g/mol. The normalized spacial score (nSPS) is 11.6. The zero-order chi connectivity index (χ0) is 15.6. The van der Waals surface area contributed by atoms with Crippen molar-refractivity contribution < 1.29 is 0 Å². The van der Waals surface area contributed by atoms with Gasteiger partial charge >= 0.3 is 0 Å². The van der Waals surface area contributed by atoms with E-state index < -0.39 is 0 Å². The number of imidazole rings is 1. The number of tetrazole rings is 1. The van der Waals surface area contributed by atoms with Crippen molar-refractivity contribution in [2.75, 3.05) is 5.32 Å². The molecule has 0 atom stereocenters. The fraction of sp³-hybridized carbons (Fsp3) is 0.357. The molecule has 0 aromatic carbocycles. The quantitative estimate of drug-likeness (QED) is 0.787. The molecule has 0 saturated carbocycles. The second-order valence-electron chi connectivity index (χ2n) is 5.89. The van der Waals surface area contributed by atoms with Crippen molar-refractivity contribution in [1.29, 1.82) is 0 Å². The number of aromatic nitrogens is 7. The highest BCUT2D eigenvalue weighted by molar-refractivity contribution is 5.43. The van der Waals surface area contributed by atoms with Crippen LogP contribution in [0.15, 0.2) is 37.1 Å². The Balaban J connectivity index is 1.63. The lowest BCUT2D eigenvalue weighted by Gasteiger charge is -2.15. The van der Waals surface area contributed by atoms with Crippen LogP contribution in [0.1, 0.15) is 26.6 Å². The topological polar surface area (TPSA) is 86.3 Å². The number of hydrogen-bond acceptors (Lipinski definition) is 6. The third-order valence-electron chi connectivity index (χ3n) is 3.02. The fourth-order valence-corrected chi connectivity index (χ4v) is 1.82. The van der Waals surface area contributed by atoms with E-state index in [1.54, 1.807) is 23.5 Å². The van der Waals surface area contributed by atoms with Gasteiger partial charge in [-0.3, -0.25) is 4.57 Å². The van der Waals surface area contributed by atoms with Crippen LogP contribution in [0.25, 0.3) is 5.82 Å². The highest BCUT2D eigenvalue weighted by Crippen LogP contribution is 2.11. The maximum atomic E-state index is 4.38. The van der Waals surface area contributed by atoms with E-state index in [0.717, 1.165) is 11.5 Å². The van der Waals surface area contributed by atoms with Gasteiger partial charge in [0.2, 0.25) is 0 Å². The van der Waals surface area contributed by atoms with Crippen LogP contribution in [-0.4, -0.2) is 34.7 Å². The summed E-state index contributed by atoms with van der Waals surface area (Å²) in [5.41, 5.74) is 0.732. The summed E-state index contributed by atoms with van der Waals surface area (Å²) in [7, 11) is 0. The molecule has 3 heterocycles. The summed E-state index contributed by atoms with van der Waals surface area (Å²) in [5.74, 6) is 1.47. The first-order valence-corrected chi connectivity index (χ1v) is 7.00. The first-order chi connectivity index (χ1) is 10.5. The SMILES string of the molecule is CC(C)(C)n1nnc(CNc2ccc(-n3ccnc3)nc2)n1. The second-order valence-corrected chi connectivity index (χ2v) is 5.89. The van der Waals surface area contributed by atoms with Gasteiger partial charge in [-0.2, -0.15) is 4.80 Å². The zero-order valence-corrected chi connectivity index (χ0v) is 12.8. The van der Waals surface area contributed by atoms with Crippen molar-refractivity contribution >= 4 is 5.69 Å². The lowest BCUT2D eigenvalue weighted by Crippen LogP contribution is -2.24. The van der Waals surface area contributed by atoms with Crippen LogP contribution in [0.4, 0.5) is 5.69 Å². The number of anilines is 1. The molecule has 0 bridgehead atoms. The smallest absolute Gasteiger partial charge is 0.193 e. The molecule has 0 fully saturated rings. The van der Waals surface area contributed by atoms with Crippen molar-refractivity contribution in [1.82, 2.24) is 34.7 Å². The summed E-state index contributed by atoms with van der Waals surface area (Å²) < 4.78 is 1.85. The van der Waals surface area contributed by atoms with Gasteiger partial charge in [0.15, 0.2) is 5.82 Å². The Morgan fingerprint density at radius 3 is 2.68 bits per heavy atom. The van der Waals surface area contributed by atoms with E-state index in [0.29, 0.717) is 12.4 Å². The van der Waals surface area contributed by atoms with Crippen LogP contribution in [0, 0.1) is 0 Å². The zero-order valence-electron chi connectivity index (χ0n) is 12.8. The van der Waals surface area contributed by atoms with Crippen LogP contribution in [0.5, 0.6) is 0 Å². The van der Waals surface area contributed by atoms with Crippen molar-refractivity contribution in [2.24, 2.45) is 0 Å². The highest BCUT2D eigenvalue weighted by atomic mass is 15.6. The second kappa shape index (κ2) is 5.55. The summed E-state index contributed by atoms with van der Waals surface area (Å²) in [4.78, 5) is 9.99. The maximum Gasteiger partial charge on any atom is 0.193 e. The summed E-state index contributed by atoms with van der Waals surface area (Å²) >= 11 is 0. The van der Waals surface area contributed by atoms with Gasteiger partial charge in [0.1, 0.15) is 12.1 Å². The summed E-state index contributed by atoms with van der Waals surface area (Å²) in [5, 5.41) is 15.7. The minimum absolute atomic E-state index is 0.167. The van der Waals surface area contributed by atoms with Crippen molar-refractivity contribution in [3.05, 3.63) is 42.9 Å². The minimum Gasteiger partial charge on any atom is -0.376 e. The number of nitrogens with one attached hydrogen (secondary N) is 1. The first-order valence-electron chi connectivity index (χ1n) is 7.00. The molecule has 3 aromatic rings. The molecule has 3 rings (SSSR count). The van der Waals surface area contributed by atoms with Gasteiger partial charge in [-0.25, -0.2) is 9.97 Å². The van der Waals surface area contributed by atoms with Crippen LogP contribution in [-0.2, 0) is 12.1 Å². The van der Waals surface area contributed by atoms with Crippen LogP contribution in [0.3, 0.4) is 0 Å². The highest BCUT2D eigenvalue weighted by Gasteiger charge is 2.16. The Morgan fingerprint density at radius 2 is 2.09 bits per heavy atom. The molecule has 0 unspecified atom stereocenters. The van der Waals surface area contributed by atoms with E-state index in [-0.39, 0.29) is 5.54 Å². The van der Waals surface area contributed by atoms with E-state index in [1.807, 2.05) is 43.7 Å². The molecule has 0 aliphatic carbocycles. The van der Waals surface area contributed by atoms with E-state index in [2.05, 4.69) is 30.7 Å². The van der Waals surface area contributed by atoms with Gasteiger partial charge in [-0.1, -0.05) is 0 Å². The molecule has 0 saturated heterocycles. The molecule has 0 aliphatic heterocycles. The van der Waals surface area contributed by atoms with Crippen molar-refractivity contribution in [2.45, 2.75) is 32.9 Å². The molecule has 1 N–H and O–H groups in total. The molecule has 0 amide bonds. The maximum absolute atomic E-state index is 4.38. The fourth-order valence-electron chi connectivity index (χ4n) is 1.82.